The van der Waals surface area contributed by atoms with Crippen LogP contribution >= 0.6 is 11.8 Å². The molecule has 0 aromatic carbocycles. The number of aromatic nitrogens is 1. The number of hydrogen-bond donors (Lipinski definition) is 0. The molecule has 0 N–H and O–H groups in total. The molecule has 0 saturated carbocycles. The fraction of sp³-hybridized carbons (Fsp3) is 0.500. The van der Waals surface area contributed by atoms with E-state index in [9.17, 15) is 19.2 Å². The summed E-state index contributed by atoms with van der Waals surface area (Å²) in [6.07, 6.45) is -1.46. The first-order valence-corrected chi connectivity index (χ1v) is 9.49. The molecule has 28 heavy (non-hydrogen) atoms. The number of carbonyl (C=O) groups excluding carboxylic acids is 4. The summed E-state index contributed by atoms with van der Waals surface area (Å²) in [5.41, 5.74) is -0.460. The van der Waals surface area contributed by atoms with E-state index in [4.69, 9.17) is 18.9 Å². The molecule has 1 aromatic rings. The van der Waals surface area contributed by atoms with Crippen LogP contribution in [0.3, 0.4) is 0 Å². The lowest BCUT2D eigenvalue weighted by Gasteiger charge is -2.39. The van der Waals surface area contributed by atoms with Gasteiger partial charge in [-0.1, -0.05) is 0 Å². The van der Waals surface area contributed by atoms with Crippen LogP contribution in [-0.4, -0.2) is 58.2 Å². The van der Waals surface area contributed by atoms with Gasteiger partial charge < -0.3 is 18.9 Å². The molecule has 2 rings (SSSR count). The minimum atomic E-state index is -1.03. The number of ether oxygens (including phenoxy) is 4. The molecule has 152 valence electrons. The third-order valence-electron chi connectivity index (χ3n) is 3.65. The van der Waals surface area contributed by atoms with Crippen LogP contribution in [0.15, 0.2) is 18.3 Å². The van der Waals surface area contributed by atoms with E-state index in [1.807, 2.05) is 0 Å². The van der Waals surface area contributed by atoms with Crippen molar-refractivity contribution in [3.05, 3.63) is 24.0 Å². The molecule has 0 bridgehead atoms. The number of rotatable bonds is 6. The lowest BCUT2D eigenvalue weighted by Crippen LogP contribution is -2.55. The number of carbonyl (C=O) groups is 4. The Kier molecular flexibility index (Phi) is 7.38. The molecule has 1 aliphatic rings. The fourth-order valence-corrected chi connectivity index (χ4v) is 3.82. The van der Waals surface area contributed by atoms with Gasteiger partial charge in [-0.2, -0.15) is 0 Å². The molecule has 1 fully saturated rings. The number of esters is 3. The first-order chi connectivity index (χ1) is 13.2. The van der Waals surface area contributed by atoms with Gasteiger partial charge in [-0.3, -0.25) is 19.2 Å². The largest absolute Gasteiger partial charge is 0.474 e. The van der Waals surface area contributed by atoms with Gasteiger partial charge in [0, 0.05) is 33.4 Å². The number of thioether (sulfide) groups is 1. The van der Waals surface area contributed by atoms with E-state index in [2.05, 4.69) is 4.98 Å². The highest BCUT2D eigenvalue weighted by molar-refractivity contribution is 7.99. The van der Waals surface area contributed by atoms with Gasteiger partial charge >= 0.3 is 17.9 Å². The van der Waals surface area contributed by atoms with Crippen LogP contribution in [0.5, 0.6) is 5.75 Å². The highest BCUT2D eigenvalue weighted by atomic mass is 32.2. The quantitative estimate of drug-likeness (QED) is 0.387. The summed E-state index contributed by atoms with van der Waals surface area (Å²) in [5.74, 6) is -1.35. The summed E-state index contributed by atoms with van der Waals surface area (Å²) >= 11 is 1.24. The average Bonchev–Trinajstić information content (AvgIpc) is 2.59. The van der Waals surface area contributed by atoms with Gasteiger partial charge in [-0.15, -0.1) is 11.8 Å². The van der Waals surface area contributed by atoms with E-state index in [-0.39, 0.29) is 17.2 Å². The topological polar surface area (TPSA) is 118 Å². The lowest BCUT2D eigenvalue weighted by molar-refractivity contribution is -0.186. The van der Waals surface area contributed by atoms with Gasteiger partial charge in [0.05, 0.1) is 6.20 Å². The molecule has 9 nitrogen and oxygen atoms in total. The SMILES string of the molecule is CC(=O)O[C@@H]1[C@@H](OC(C)=O)[C@H](OC(C)=O)CS[C@H]1Oc1ccc(C(C)=O)nc1. The Morgan fingerprint density at radius 3 is 2.04 bits per heavy atom. The second-order valence-corrected chi connectivity index (χ2v) is 7.18. The highest BCUT2D eigenvalue weighted by Gasteiger charge is 2.47. The van der Waals surface area contributed by atoms with E-state index in [0.717, 1.165) is 0 Å². The minimum Gasteiger partial charge on any atom is -0.474 e. The molecule has 4 atom stereocenters. The molecule has 0 amide bonds. The summed E-state index contributed by atoms with van der Waals surface area (Å²) in [5, 5.41) is 0. The van der Waals surface area contributed by atoms with Gasteiger partial charge in [-0.05, 0) is 12.1 Å². The van der Waals surface area contributed by atoms with E-state index in [1.165, 1.54) is 51.7 Å². The number of nitrogens with zero attached hydrogens (tertiary/aromatic N) is 1. The zero-order valence-electron chi connectivity index (χ0n) is 15.9. The molecule has 1 saturated heterocycles. The molecular weight excluding hydrogens is 390 g/mol. The number of hydrogen-bond acceptors (Lipinski definition) is 10. The van der Waals surface area contributed by atoms with Gasteiger partial charge in [0.15, 0.2) is 29.5 Å². The Balaban J connectivity index is 2.25. The summed E-state index contributed by atoms with van der Waals surface area (Å²) in [6.45, 7) is 5.06. The van der Waals surface area contributed by atoms with Crippen molar-refractivity contribution in [1.82, 2.24) is 4.98 Å². The number of Topliss-reactive ketones (excluding diaryl/α,β-unsaturated/α-hetero) is 1. The van der Waals surface area contributed by atoms with Crippen LogP contribution in [-0.2, 0) is 28.6 Å². The van der Waals surface area contributed by atoms with Crippen molar-refractivity contribution in [2.45, 2.75) is 51.4 Å². The van der Waals surface area contributed by atoms with Crippen LogP contribution in [0.2, 0.25) is 0 Å². The van der Waals surface area contributed by atoms with Crippen LogP contribution < -0.4 is 4.74 Å². The Labute approximate surface area is 166 Å². The second kappa shape index (κ2) is 9.54. The van der Waals surface area contributed by atoms with Crippen molar-refractivity contribution in [2.24, 2.45) is 0 Å². The third kappa shape index (κ3) is 5.95. The van der Waals surface area contributed by atoms with Crippen molar-refractivity contribution in [3.63, 3.8) is 0 Å². The van der Waals surface area contributed by atoms with Crippen molar-refractivity contribution in [1.29, 1.82) is 0 Å². The number of ketones is 1. The molecule has 1 aliphatic heterocycles. The van der Waals surface area contributed by atoms with E-state index in [1.54, 1.807) is 6.07 Å². The van der Waals surface area contributed by atoms with E-state index in [0.29, 0.717) is 5.75 Å². The average molecular weight is 411 g/mol. The van der Waals surface area contributed by atoms with Crippen LogP contribution in [0.4, 0.5) is 0 Å². The molecule has 10 heteroatoms. The first-order valence-electron chi connectivity index (χ1n) is 8.44. The van der Waals surface area contributed by atoms with Crippen LogP contribution in [0.1, 0.15) is 38.2 Å². The Morgan fingerprint density at radius 2 is 1.54 bits per heavy atom. The molecule has 2 heterocycles. The van der Waals surface area contributed by atoms with Crippen LogP contribution in [0, 0.1) is 0 Å². The monoisotopic (exact) mass is 411 g/mol. The smallest absolute Gasteiger partial charge is 0.303 e. The Hall–Kier alpha value is -2.62. The Morgan fingerprint density at radius 1 is 0.929 bits per heavy atom. The van der Waals surface area contributed by atoms with Gasteiger partial charge in [0.2, 0.25) is 0 Å². The molecule has 1 aromatic heterocycles. The molecule has 0 aliphatic carbocycles. The summed E-state index contributed by atoms with van der Waals surface area (Å²) in [6, 6.07) is 3.07. The molecule has 0 spiro atoms. The fourth-order valence-electron chi connectivity index (χ4n) is 2.60. The first kappa shape index (κ1) is 21.7. The predicted octanol–water partition coefficient (Wildman–Crippen LogP) is 1.53. The third-order valence-corrected chi connectivity index (χ3v) is 4.87. The standard InChI is InChI=1S/C18H21NO8S/c1-9(20)14-6-5-13(7-19-14)27-18-17(26-12(4)23)16(25-11(3)22)15(8-28-18)24-10(2)21/h5-7,15-18H,8H2,1-4H3/t15-,16+,17-,18-/m1/s1. The minimum absolute atomic E-state index is 0.185. The van der Waals surface area contributed by atoms with E-state index >= 15 is 0 Å². The normalized spacial score (nSPS) is 24.0. The molecular formula is C18H21NO8S. The zero-order valence-corrected chi connectivity index (χ0v) is 16.7. The summed E-state index contributed by atoms with van der Waals surface area (Å²) < 4.78 is 21.7. The van der Waals surface area contributed by atoms with Gasteiger partial charge in [-0.25, -0.2) is 4.98 Å². The maximum Gasteiger partial charge on any atom is 0.303 e. The van der Waals surface area contributed by atoms with Gasteiger partial charge in [0.1, 0.15) is 11.4 Å². The number of pyridine rings is 1. The lowest BCUT2D eigenvalue weighted by atomic mass is 10.1. The van der Waals surface area contributed by atoms with Crippen molar-refractivity contribution in [3.8, 4) is 5.75 Å². The zero-order chi connectivity index (χ0) is 20.8. The molecule has 0 radical (unpaired) electrons. The maximum absolute atomic E-state index is 11.6. The summed E-state index contributed by atoms with van der Waals surface area (Å²) in [4.78, 5) is 49.9. The van der Waals surface area contributed by atoms with Crippen molar-refractivity contribution < 1.29 is 38.1 Å². The van der Waals surface area contributed by atoms with Gasteiger partial charge in [0.25, 0.3) is 0 Å². The van der Waals surface area contributed by atoms with Crippen LogP contribution in [0.25, 0.3) is 0 Å². The highest BCUT2D eigenvalue weighted by Crippen LogP contribution is 2.34. The second-order valence-electron chi connectivity index (χ2n) is 6.05. The maximum atomic E-state index is 11.6. The van der Waals surface area contributed by atoms with Crippen molar-refractivity contribution in [2.75, 3.05) is 5.75 Å². The van der Waals surface area contributed by atoms with E-state index < -0.39 is 41.7 Å². The molecule has 0 unspecified atom stereocenters. The Bertz CT molecular complexity index is 750. The summed E-state index contributed by atoms with van der Waals surface area (Å²) in [7, 11) is 0. The predicted molar refractivity (Wildman–Crippen MR) is 97.8 cm³/mol. The van der Waals surface area contributed by atoms with Crippen molar-refractivity contribution >= 4 is 35.5 Å².